The molecule has 0 aliphatic heterocycles. The highest BCUT2D eigenvalue weighted by Gasteiger charge is 2.19. The summed E-state index contributed by atoms with van der Waals surface area (Å²) in [7, 11) is 1.62. The molecular formula is C22H21N5O2S2. The number of tetrazole rings is 1. The minimum Gasteiger partial charge on any atom is -0.497 e. The summed E-state index contributed by atoms with van der Waals surface area (Å²) >= 11 is 2.94. The van der Waals surface area contributed by atoms with Crippen LogP contribution < -0.4 is 9.64 Å². The van der Waals surface area contributed by atoms with E-state index in [1.807, 2.05) is 73.0 Å². The van der Waals surface area contributed by atoms with E-state index in [0.29, 0.717) is 11.7 Å². The number of rotatable bonds is 8. The fourth-order valence-electron chi connectivity index (χ4n) is 2.97. The molecule has 0 bridgehead atoms. The van der Waals surface area contributed by atoms with Gasteiger partial charge in [0.05, 0.1) is 25.1 Å². The monoisotopic (exact) mass is 451 g/mol. The molecule has 0 aliphatic rings. The highest BCUT2D eigenvalue weighted by molar-refractivity contribution is 7.99. The number of ether oxygens (including phenoxy) is 1. The van der Waals surface area contributed by atoms with Crippen molar-refractivity contribution in [3.63, 3.8) is 0 Å². The fraction of sp³-hybridized carbons (Fsp3) is 0.182. The number of hydrogen-bond acceptors (Lipinski definition) is 7. The molecule has 1 amide bonds. The molecule has 9 heteroatoms. The second-order valence-corrected chi connectivity index (χ2v) is 8.73. The zero-order valence-electron chi connectivity index (χ0n) is 17.1. The van der Waals surface area contributed by atoms with Gasteiger partial charge in [0.25, 0.3) is 0 Å². The molecule has 0 aliphatic carbocycles. The van der Waals surface area contributed by atoms with Gasteiger partial charge in [-0.05, 0) is 65.2 Å². The van der Waals surface area contributed by atoms with Gasteiger partial charge in [0, 0.05) is 10.6 Å². The van der Waals surface area contributed by atoms with Gasteiger partial charge in [-0.25, -0.2) is 0 Å². The first-order valence-electron chi connectivity index (χ1n) is 9.59. The molecule has 0 atom stereocenters. The molecule has 0 saturated heterocycles. The predicted octanol–water partition coefficient (Wildman–Crippen LogP) is 4.37. The number of nitrogens with zero attached hydrogens (tertiary/aromatic N) is 5. The normalized spacial score (nSPS) is 10.8. The lowest BCUT2D eigenvalue weighted by Gasteiger charge is -2.22. The van der Waals surface area contributed by atoms with Crippen LogP contribution in [0.5, 0.6) is 5.75 Å². The Kier molecular flexibility index (Phi) is 6.63. The highest BCUT2D eigenvalue weighted by Crippen LogP contribution is 2.25. The molecule has 7 nitrogen and oxygen atoms in total. The van der Waals surface area contributed by atoms with Crippen molar-refractivity contribution >= 4 is 34.7 Å². The van der Waals surface area contributed by atoms with Gasteiger partial charge < -0.3 is 9.64 Å². The van der Waals surface area contributed by atoms with Crippen LogP contribution in [-0.2, 0) is 11.3 Å². The summed E-state index contributed by atoms with van der Waals surface area (Å²) in [5.41, 5.74) is 2.83. The van der Waals surface area contributed by atoms with E-state index in [-0.39, 0.29) is 11.7 Å². The van der Waals surface area contributed by atoms with E-state index in [0.717, 1.165) is 27.6 Å². The third-order valence-electron chi connectivity index (χ3n) is 4.62. The summed E-state index contributed by atoms with van der Waals surface area (Å²) in [6.07, 6.45) is 0. The molecule has 158 valence electrons. The number of aryl methyl sites for hydroxylation is 1. The standard InChI is InChI=1S/C22H21N5O2S2/c1-16-5-7-18(8-6-16)27-22(23-24-25-27)31-15-21(28)26(14-20-4-3-13-30-20)17-9-11-19(29-2)12-10-17/h3-13H,14-15H2,1-2H3. The number of hydrogen-bond donors (Lipinski definition) is 0. The first-order valence-corrected chi connectivity index (χ1v) is 11.5. The number of methoxy groups -OCH3 is 1. The van der Waals surface area contributed by atoms with Crippen molar-refractivity contribution in [1.29, 1.82) is 0 Å². The topological polar surface area (TPSA) is 73.1 Å². The lowest BCUT2D eigenvalue weighted by molar-refractivity contribution is -0.116. The van der Waals surface area contributed by atoms with Crippen LogP contribution in [0.15, 0.2) is 71.2 Å². The van der Waals surface area contributed by atoms with Crippen molar-refractivity contribution in [2.24, 2.45) is 0 Å². The summed E-state index contributed by atoms with van der Waals surface area (Å²) < 4.78 is 6.89. The van der Waals surface area contributed by atoms with Crippen LogP contribution in [0.25, 0.3) is 5.69 Å². The van der Waals surface area contributed by atoms with E-state index in [1.54, 1.807) is 28.0 Å². The van der Waals surface area contributed by atoms with Gasteiger partial charge in [0.15, 0.2) is 0 Å². The smallest absolute Gasteiger partial charge is 0.237 e. The van der Waals surface area contributed by atoms with Crippen molar-refractivity contribution in [3.8, 4) is 11.4 Å². The molecule has 0 N–H and O–H groups in total. The van der Waals surface area contributed by atoms with Gasteiger partial charge in [-0.2, -0.15) is 4.68 Å². The third-order valence-corrected chi connectivity index (χ3v) is 6.39. The molecule has 4 aromatic rings. The van der Waals surface area contributed by atoms with Gasteiger partial charge in [-0.1, -0.05) is 35.5 Å². The van der Waals surface area contributed by atoms with Gasteiger partial charge in [0.1, 0.15) is 5.75 Å². The fourth-order valence-corrected chi connectivity index (χ4v) is 4.42. The number of aromatic nitrogens is 4. The Labute approximate surface area is 188 Å². The number of amides is 1. The van der Waals surface area contributed by atoms with Crippen LogP contribution in [0.2, 0.25) is 0 Å². The maximum absolute atomic E-state index is 13.2. The Morgan fingerprint density at radius 2 is 1.90 bits per heavy atom. The Hall–Kier alpha value is -3.17. The maximum Gasteiger partial charge on any atom is 0.237 e. The molecule has 0 spiro atoms. The SMILES string of the molecule is COc1ccc(N(Cc2cccs2)C(=O)CSc2nnnn2-c2ccc(C)cc2)cc1. The first-order chi connectivity index (χ1) is 15.1. The zero-order chi connectivity index (χ0) is 21.6. The Morgan fingerprint density at radius 1 is 1.13 bits per heavy atom. The second kappa shape index (κ2) is 9.76. The quantitative estimate of drug-likeness (QED) is 0.371. The summed E-state index contributed by atoms with van der Waals surface area (Å²) in [6, 6.07) is 19.4. The minimum atomic E-state index is -0.0259. The molecule has 4 rings (SSSR count). The molecule has 2 aromatic heterocycles. The molecule has 0 radical (unpaired) electrons. The van der Waals surface area contributed by atoms with Crippen LogP contribution in [0.1, 0.15) is 10.4 Å². The second-order valence-electron chi connectivity index (χ2n) is 6.75. The van der Waals surface area contributed by atoms with Crippen LogP contribution in [-0.4, -0.2) is 39.0 Å². The summed E-state index contributed by atoms with van der Waals surface area (Å²) in [5, 5.41) is 14.5. The lowest BCUT2D eigenvalue weighted by atomic mass is 10.2. The third kappa shape index (κ3) is 5.12. The van der Waals surface area contributed by atoms with E-state index in [2.05, 4.69) is 15.5 Å². The Balaban J connectivity index is 1.51. The predicted molar refractivity (Wildman–Crippen MR) is 123 cm³/mol. The number of carbonyl (C=O) groups excluding carboxylic acids is 1. The maximum atomic E-state index is 13.2. The number of benzene rings is 2. The van der Waals surface area contributed by atoms with E-state index < -0.39 is 0 Å². The van der Waals surface area contributed by atoms with Gasteiger partial charge in [-0.3, -0.25) is 4.79 Å². The Bertz CT molecular complexity index is 1130. The minimum absolute atomic E-state index is 0.0259. The number of thioether (sulfide) groups is 1. The van der Waals surface area contributed by atoms with E-state index >= 15 is 0 Å². The lowest BCUT2D eigenvalue weighted by Crippen LogP contribution is -2.31. The zero-order valence-corrected chi connectivity index (χ0v) is 18.8. The average Bonchev–Trinajstić information content (AvgIpc) is 3.48. The van der Waals surface area contributed by atoms with Gasteiger partial charge >= 0.3 is 0 Å². The van der Waals surface area contributed by atoms with E-state index in [1.165, 1.54) is 11.8 Å². The molecule has 0 fully saturated rings. The molecular weight excluding hydrogens is 430 g/mol. The van der Waals surface area contributed by atoms with Crippen LogP contribution in [0.4, 0.5) is 5.69 Å². The summed E-state index contributed by atoms with van der Waals surface area (Å²) in [6.45, 7) is 2.53. The number of thiophene rings is 1. The highest BCUT2D eigenvalue weighted by atomic mass is 32.2. The molecule has 2 heterocycles. The van der Waals surface area contributed by atoms with Crippen molar-refractivity contribution in [3.05, 3.63) is 76.5 Å². The molecule has 0 unspecified atom stereocenters. The van der Waals surface area contributed by atoms with Crippen molar-refractivity contribution in [2.45, 2.75) is 18.6 Å². The molecule has 2 aromatic carbocycles. The van der Waals surface area contributed by atoms with E-state index in [9.17, 15) is 4.79 Å². The van der Waals surface area contributed by atoms with Gasteiger partial charge in [-0.15, -0.1) is 16.4 Å². The van der Waals surface area contributed by atoms with Crippen molar-refractivity contribution < 1.29 is 9.53 Å². The average molecular weight is 452 g/mol. The number of carbonyl (C=O) groups is 1. The van der Waals surface area contributed by atoms with Gasteiger partial charge in [0.2, 0.25) is 11.1 Å². The summed E-state index contributed by atoms with van der Waals surface area (Å²) in [5.74, 6) is 0.935. The Morgan fingerprint density at radius 3 is 2.58 bits per heavy atom. The largest absolute Gasteiger partial charge is 0.497 e. The van der Waals surface area contributed by atoms with Crippen molar-refractivity contribution in [1.82, 2.24) is 20.2 Å². The van der Waals surface area contributed by atoms with Crippen LogP contribution in [0, 0.1) is 6.92 Å². The van der Waals surface area contributed by atoms with Crippen molar-refractivity contribution in [2.75, 3.05) is 17.8 Å². The molecule has 0 saturated carbocycles. The first kappa shape index (κ1) is 21.1. The molecule has 31 heavy (non-hydrogen) atoms. The van der Waals surface area contributed by atoms with Crippen LogP contribution in [0.3, 0.4) is 0 Å². The van der Waals surface area contributed by atoms with Crippen LogP contribution >= 0.6 is 23.1 Å². The van der Waals surface area contributed by atoms with E-state index in [4.69, 9.17) is 4.74 Å². The number of anilines is 1. The summed E-state index contributed by atoms with van der Waals surface area (Å²) in [4.78, 5) is 16.1.